The molecule has 0 aliphatic carbocycles. The molecule has 9 heteroatoms. The van der Waals surface area contributed by atoms with Crippen LogP contribution in [0.5, 0.6) is 5.75 Å². The molecule has 2 aromatic rings. The summed E-state index contributed by atoms with van der Waals surface area (Å²) in [4.78, 5) is 25.8. The molecule has 0 spiro atoms. The monoisotopic (exact) mass is 620 g/mol. The number of para-hydroxylation sites is 1. The SMILES string of the molecule is CCCCCCCCC[C@H]1CO[C@H](c2ccc(C(=O)Oc3ccccc3)cc2)OC1C(=O)OC(CCCCCC)C(F)(F)F. The minimum Gasteiger partial charge on any atom is -0.451 e. The second-order valence-corrected chi connectivity index (χ2v) is 11.5. The van der Waals surface area contributed by atoms with Gasteiger partial charge in [-0.3, -0.25) is 0 Å². The molecule has 1 heterocycles. The molecule has 3 rings (SSSR count). The summed E-state index contributed by atoms with van der Waals surface area (Å²) in [5, 5.41) is 0. The van der Waals surface area contributed by atoms with Crippen molar-refractivity contribution in [1.82, 2.24) is 0 Å². The predicted octanol–water partition coefficient (Wildman–Crippen LogP) is 9.52. The van der Waals surface area contributed by atoms with Crippen LogP contribution in [0.25, 0.3) is 0 Å². The van der Waals surface area contributed by atoms with E-state index in [1.54, 1.807) is 48.5 Å². The van der Waals surface area contributed by atoms with Crippen molar-refractivity contribution in [2.24, 2.45) is 5.92 Å². The Labute approximate surface area is 259 Å². The van der Waals surface area contributed by atoms with Gasteiger partial charge in [-0.1, -0.05) is 108 Å². The first-order valence-electron chi connectivity index (χ1n) is 16.1. The highest BCUT2D eigenvalue weighted by atomic mass is 19.4. The number of esters is 2. The van der Waals surface area contributed by atoms with Gasteiger partial charge < -0.3 is 18.9 Å². The van der Waals surface area contributed by atoms with E-state index in [0.717, 1.165) is 38.5 Å². The minimum absolute atomic E-state index is 0.144. The number of carbonyl (C=O) groups is 2. The zero-order valence-corrected chi connectivity index (χ0v) is 26.0. The molecule has 4 atom stereocenters. The maximum atomic E-state index is 13.8. The molecule has 0 N–H and O–H groups in total. The highest BCUT2D eigenvalue weighted by molar-refractivity contribution is 5.91. The zero-order valence-electron chi connectivity index (χ0n) is 26.0. The van der Waals surface area contributed by atoms with Crippen molar-refractivity contribution in [2.75, 3.05) is 6.61 Å². The van der Waals surface area contributed by atoms with Crippen LogP contribution in [-0.2, 0) is 19.0 Å². The maximum Gasteiger partial charge on any atom is 0.425 e. The van der Waals surface area contributed by atoms with Crippen molar-refractivity contribution in [2.45, 2.75) is 122 Å². The summed E-state index contributed by atoms with van der Waals surface area (Å²) >= 11 is 0. The van der Waals surface area contributed by atoms with E-state index >= 15 is 0 Å². The molecule has 1 aliphatic heterocycles. The fourth-order valence-corrected chi connectivity index (χ4v) is 5.29. The number of hydrogen-bond acceptors (Lipinski definition) is 6. The molecule has 0 aromatic heterocycles. The topological polar surface area (TPSA) is 71.1 Å². The molecule has 2 unspecified atom stereocenters. The van der Waals surface area contributed by atoms with Gasteiger partial charge in [-0.2, -0.15) is 13.2 Å². The Bertz CT molecular complexity index is 1110. The van der Waals surface area contributed by atoms with Crippen LogP contribution in [0.4, 0.5) is 13.2 Å². The number of hydrogen-bond donors (Lipinski definition) is 0. The quantitative estimate of drug-likeness (QED) is 0.0939. The molecular weight excluding hydrogens is 573 g/mol. The van der Waals surface area contributed by atoms with Crippen molar-refractivity contribution in [3.8, 4) is 5.75 Å². The summed E-state index contributed by atoms with van der Waals surface area (Å²) in [7, 11) is 0. The molecule has 1 aliphatic rings. The van der Waals surface area contributed by atoms with Crippen LogP contribution < -0.4 is 4.74 Å². The average molecular weight is 621 g/mol. The lowest BCUT2D eigenvalue weighted by molar-refractivity contribution is -0.262. The second-order valence-electron chi connectivity index (χ2n) is 11.5. The molecule has 44 heavy (non-hydrogen) atoms. The van der Waals surface area contributed by atoms with E-state index in [1.807, 2.05) is 13.0 Å². The highest BCUT2D eigenvalue weighted by Crippen LogP contribution is 2.35. The van der Waals surface area contributed by atoms with E-state index in [0.29, 0.717) is 36.1 Å². The third kappa shape index (κ3) is 11.9. The fourth-order valence-electron chi connectivity index (χ4n) is 5.29. The Hall–Kier alpha value is -2.91. The van der Waals surface area contributed by atoms with E-state index < -0.39 is 42.5 Å². The molecule has 0 radical (unpaired) electrons. The lowest BCUT2D eigenvalue weighted by atomic mass is 9.94. The Morgan fingerprint density at radius 3 is 2.09 bits per heavy atom. The van der Waals surface area contributed by atoms with Gasteiger partial charge in [0.25, 0.3) is 0 Å². The Morgan fingerprint density at radius 2 is 1.45 bits per heavy atom. The summed E-state index contributed by atoms with van der Waals surface area (Å²) in [5.74, 6) is -1.56. The van der Waals surface area contributed by atoms with Gasteiger partial charge in [-0.15, -0.1) is 0 Å². The number of halogens is 3. The largest absolute Gasteiger partial charge is 0.451 e. The van der Waals surface area contributed by atoms with Crippen LogP contribution in [0.3, 0.4) is 0 Å². The van der Waals surface area contributed by atoms with Crippen LogP contribution in [0.1, 0.15) is 120 Å². The number of unbranched alkanes of at least 4 members (excludes halogenated alkanes) is 9. The van der Waals surface area contributed by atoms with Gasteiger partial charge in [0.1, 0.15) is 5.75 Å². The average Bonchev–Trinajstić information content (AvgIpc) is 3.02. The summed E-state index contributed by atoms with van der Waals surface area (Å²) in [6.07, 6.45) is 1.51. The van der Waals surface area contributed by atoms with Crippen molar-refractivity contribution >= 4 is 11.9 Å². The van der Waals surface area contributed by atoms with Gasteiger partial charge in [0, 0.05) is 11.5 Å². The van der Waals surface area contributed by atoms with Crippen LogP contribution in [0, 0.1) is 5.92 Å². The van der Waals surface area contributed by atoms with E-state index in [4.69, 9.17) is 18.9 Å². The van der Waals surface area contributed by atoms with Gasteiger partial charge in [-0.05, 0) is 43.5 Å². The van der Waals surface area contributed by atoms with E-state index in [9.17, 15) is 22.8 Å². The van der Waals surface area contributed by atoms with Crippen molar-refractivity contribution in [3.63, 3.8) is 0 Å². The van der Waals surface area contributed by atoms with Gasteiger partial charge in [0.05, 0.1) is 12.2 Å². The third-order valence-corrected chi connectivity index (χ3v) is 7.89. The number of ether oxygens (including phenoxy) is 4. The maximum absolute atomic E-state index is 13.8. The standard InChI is InChI=1S/C35H47F3O6/c1-3-5-7-9-10-11-13-17-28-25-41-34(27-23-21-26(22-24-27)32(39)42-29-18-14-12-15-19-29)44-31(28)33(40)43-30(35(36,37)38)20-16-8-6-4-2/h12,14-15,18-19,21-24,28,30-31,34H,3-11,13,16-17,20,25H2,1-2H3/t28-,30?,31?,34-/m0/s1. The van der Waals surface area contributed by atoms with E-state index in [1.165, 1.54) is 19.3 Å². The molecule has 1 fully saturated rings. The molecule has 2 aromatic carbocycles. The summed E-state index contributed by atoms with van der Waals surface area (Å²) in [6, 6.07) is 15.0. The number of carbonyl (C=O) groups excluding carboxylic acids is 2. The number of benzene rings is 2. The molecule has 1 saturated heterocycles. The van der Waals surface area contributed by atoms with Gasteiger partial charge in [-0.25, -0.2) is 9.59 Å². The Balaban J connectivity index is 1.67. The summed E-state index contributed by atoms with van der Waals surface area (Å²) in [5.41, 5.74) is 0.831. The molecule has 0 amide bonds. The van der Waals surface area contributed by atoms with Gasteiger partial charge >= 0.3 is 18.1 Å². The lowest BCUT2D eigenvalue weighted by Crippen LogP contribution is -2.45. The number of alkyl halides is 3. The number of rotatable bonds is 18. The van der Waals surface area contributed by atoms with Crippen LogP contribution in [0.2, 0.25) is 0 Å². The van der Waals surface area contributed by atoms with E-state index in [2.05, 4.69) is 6.92 Å². The normalized spacial score (nSPS) is 19.3. The van der Waals surface area contributed by atoms with Crippen molar-refractivity contribution in [3.05, 3.63) is 65.7 Å². The predicted molar refractivity (Wildman–Crippen MR) is 162 cm³/mol. The minimum atomic E-state index is -4.66. The first kappa shape index (κ1) is 35.6. The van der Waals surface area contributed by atoms with Crippen LogP contribution in [0.15, 0.2) is 54.6 Å². The molecule has 0 bridgehead atoms. The molecule has 6 nitrogen and oxygen atoms in total. The van der Waals surface area contributed by atoms with Crippen molar-refractivity contribution in [1.29, 1.82) is 0 Å². The molecule has 244 valence electrons. The third-order valence-electron chi connectivity index (χ3n) is 7.89. The molecule has 0 saturated carbocycles. The summed E-state index contributed by atoms with van der Waals surface area (Å²) < 4.78 is 64.0. The summed E-state index contributed by atoms with van der Waals surface area (Å²) in [6.45, 7) is 4.29. The van der Waals surface area contributed by atoms with Crippen molar-refractivity contribution < 1.29 is 41.7 Å². The van der Waals surface area contributed by atoms with Gasteiger partial charge in [0.2, 0.25) is 0 Å². The Morgan fingerprint density at radius 1 is 0.841 bits per heavy atom. The van der Waals surface area contributed by atoms with Crippen LogP contribution in [-0.4, -0.2) is 36.9 Å². The van der Waals surface area contributed by atoms with Crippen LogP contribution >= 0.6 is 0 Å². The Kier molecular flexibility index (Phi) is 15.2. The first-order valence-corrected chi connectivity index (χ1v) is 16.1. The van der Waals surface area contributed by atoms with Gasteiger partial charge in [0.15, 0.2) is 18.5 Å². The smallest absolute Gasteiger partial charge is 0.425 e. The van der Waals surface area contributed by atoms with E-state index in [-0.39, 0.29) is 13.0 Å². The second kappa shape index (κ2) is 18.8. The fraction of sp³-hybridized carbons (Fsp3) is 0.600. The highest BCUT2D eigenvalue weighted by Gasteiger charge is 2.46. The first-order chi connectivity index (χ1) is 21.2. The molecular formula is C35H47F3O6. The lowest BCUT2D eigenvalue weighted by Gasteiger charge is -2.36. The zero-order chi connectivity index (χ0) is 31.8.